The Labute approximate surface area is 167 Å². The van der Waals surface area contributed by atoms with Crippen LogP contribution in [0.25, 0.3) is 0 Å². The molecule has 0 aliphatic carbocycles. The van der Waals surface area contributed by atoms with Crippen molar-refractivity contribution >= 4 is 23.7 Å². The number of imidazole rings is 1. The van der Waals surface area contributed by atoms with Crippen LogP contribution in [0.1, 0.15) is 35.7 Å². The van der Waals surface area contributed by atoms with Gasteiger partial charge in [-0.25, -0.2) is 14.6 Å². The highest BCUT2D eigenvalue weighted by Gasteiger charge is 2.52. The molecule has 0 saturated carbocycles. The number of rotatable bonds is 9. The van der Waals surface area contributed by atoms with Crippen LogP contribution < -0.4 is 11.1 Å². The fraction of sp³-hybridized carbons (Fsp3) is 0.368. The number of aromatic amines is 1. The minimum Gasteiger partial charge on any atom is -0.462 e. The summed E-state index contributed by atoms with van der Waals surface area (Å²) in [7, 11) is 1.07. The summed E-state index contributed by atoms with van der Waals surface area (Å²) in [6.07, 6.45) is 0.406. The predicted molar refractivity (Wildman–Crippen MR) is 103 cm³/mol. The zero-order valence-electron chi connectivity index (χ0n) is 16.5. The Morgan fingerprint density at radius 1 is 1.10 bits per heavy atom. The van der Waals surface area contributed by atoms with E-state index >= 15 is 0 Å². The summed E-state index contributed by atoms with van der Waals surface area (Å²) in [6, 6.07) is 9.43. The van der Waals surface area contributed by atoms with Crippen LogP contribution in [-0.2, 0) is 30.2 Å². The van der Waals surface area contributed by atoms with Gasteiger partial charge in [0.15, 0.2) is 5.69 Å². The quantitative estimate of drug-likeness (QED) is 0.316. The number of nitrogen functional groups attached to an aromatic ring is 1. The average molecular weight is 404 g/mol. The fourth-order valence-corrected chi connectivity index (χ4v) is 2.57. The standard InChI is InChI=1S/C19H24N4O6/c1-4-28-17(25)19(27-3,18(26)29-5-2)23-16(24)14-15(20)22-13(21-14)11-12-9-7-6-8-10-12/h6-10H,4-5,11,20H2,1-3H3,(H,21,22)(H,23,24). The van der Waals surface area contributed by atoms with Crippen molar-refractivity contribution in [2.24, 2.45) is 0 Å². The summed E-state index contributed by atoms with van der Waals surface area (Å²) >= 11 is 0. The Morgan fingerprint density at radius 3 is 2.21 bits per heavy atom. The molecule has 1 aromatic heterocycles. The molecule has 10 heteroatoms. The van der Waals surface area contributed by atoms with Crippen LogP contribution in [0.15, 0.2) is 30.3 Å². The second-order valence-electron chi connectivity index (χ2n) is 5.89. The molecule has 4 N–H and O–H groups in total. The maximum absolute atomic E-state index is 12.8. The zero-order valence-corrected chi connectivity index (χ0v) is 16.5. The number of amides is 1. The van der Waals surface area contributed by atoms with Gasteiger partial charge in [-0.05, 0) is 19.4 Å². The summed E-state index contributed by atoms with van der Waals surface area (Å²) in [5, 5.41) is 2.21. The molecule has 2 rings (SSSR count). The van der Waals surface area contributed by atoms with Crippen LogP contribution >= 0.6 is 0 Å². The molecule has 10 nitrogen and oxygen atoms in total. The fourth-order valence-electron chi connectivity index (χ4n) is 2.57. The summed E-state index contributed by atoms with van der Waals surface area (Å²) in [6.45, 7) is 3.02. The van der Waals surface area contributed by atoms with Crippen molar-refractivity contribution in [3.05, 3.63) is 47.4 Å². The molecule has 29 heavy (non-hydrogen) atoms. The summed E-state index contributed by atoms with van der Waals surface area (Å²) in [5.74, 6) is -2.72. The SMILES string of the molecule is CCOC(=O)C(NC(=O)c1nc(Cc2ccccc2)[nH]c1N)(OC)C(=O)OCC. The van der Waals surface area contributed by atoms with E-state index in [9.17, 15) is 14.4 Å². The topological polar surface area (TPSA) is 146 Å². The molecule has 0 saturated heterocycles. The number of aromatic nitrogens is 2. The van der Waals surface area contributed by atoms with E-state index in [1.807, 2.05) is 30.3 Å². The van der Waals surface area contributed by atoms with Gasteiger partial charge in [-0.2, -0.15) is 0 Å². The number of nitrogens with zero attached hydrogens (tertiary/aromatic N) is 1. The first-order chi connectivity index (χ1) is 13.9. The molecule has 0 spiro atoms. The molecule has 1 heterocycles. The summed E-state index contributed by atoms with van der Waals surface area (Å²) < 4.78 is 14.8. The van der Waals surface area contributed by atoms with Gasteiger partial charge in [0.05, 0.1) is 13.2 Å². The second kappa shape index (κ2) is 9.69. The first-order valence-corrected chi connectivity index (χ1v) is 8.98. The lowest BCUT2D eigenvalue weighted by molar-refractivity contribution is -0.190. The average Bonchev–Trinajstić information content (AvgIpc) is 3.07. The van der Waals surface area contributed by atoms with Crippen LogP contribution in [0.4, 0.5) is 5.82 Å². The number of carbonyl (C=O) groups is 3. The van der Waals surface area contributed by atoms with E-state index in [4.69, 9.17) is 19.9 Å². The van der Waals surface area contributed by atoms with Crippen molar-refractivity contribution < 1.29 is 28.6 Å². The van der Waals surface area contributed by atoms with Crippen LogP contribution in [0.3, 0.4) is 0 Å². The Morgan fingerprint density at radius 2 is 1.69 bits per heavy atom. The number of esters is 2. The van der Waals surface area contributed by atoms with Gasteiger partial charge in [0.25, 0.3) is 5.91 Å². The minimum atomic E-state index is -2.48. The highest BCUT2D eigenvalue weighted by atomic mass is 16.6. The number of carbonyl (C=O) groups excluding carboxylic acids is 3. The molecule has 1 aromatic carbocycles. The van der Waals surface area contributed by atoms with E-state index in [0.29, 0.717) is 12.2 Å². The van der Waals surface area contributed by atoms with E-state index < -0.39 is 23.6 Å². The van der Waals surface area contributed by atoms with E-state index in [2.05, 4.69) is 15.3 Å². The summed E-state index contributed by atoms with van der Waals surface area (Å²) in [4.78, 5) is 44.5. The molecule has 0 unspecified atom stereocenters. The molecule has 2 aromatic rings. The molecule has 0 aliphatic heterocycles. The van der Waals surface area contributed by atoms with Crippen molar-refractivity contribution in [1.82, 2.24) is 15.3 Å². The normalized spacial score (nSPS) is 11.0. The first kappa shape index (κ1) is 21.9. The first-order valence-electron chi connectivity index (χ1n) is 8.98. The highest BCUT2D eigenvalue weighted by molar-refractivity contribution is 6.09. The molecule has 0 fully saturated rings. The molecule has 0 aliphatic rings. The van der Waals surface area contributed by atoms with Gasteiger partial charge in [0.1, 0.15) is 11.6 Å². The second-order valence-corrected chi connectivity index (χ2v) is 5.89. The molecule has 1 amide bonds. The third-order valence-electron chi connectivity index (χ3n) is 3.93. The molecule has 156 valence electrons. The van der Waals surface area contributed by atoms with Crippen molar-refractivity contribution in [3.63, 3.8) is 0 Å². The monoisotopic (exact) mass is 404 g/mol. The predicted octanol–water partition coefficient (Wildman–Crippen LogP) is 0.781. The maximum atomic E-state index is 12.8. The molecular formula is C19H24N4O6. The van der Waals surface area contributed by atoms with Crippen molar-refractivity contribution in [2.45, 2.75) is 26.0 Å². The Bertz CT molecular complexity index is 847. The number of nitrogens with two attached hydrogens (primary N) is 1. The van der Waals surface area contributed by atoms with Gasteiger partial charge in [-0.1, -0.05) is 30.3 Å². The number of hydrogen-bond donors (Lipinski definition) is 3. The Kier molecular flexibility index (Phi) is 7.32. The molecule has 0 bridgehead atoms. The summed E-state index contributed by atoms with van der Waals surface area (Å²) in [5.41, 5.74) is 4.16. The Balaban J connectivity index is 2.29. The van der Waals surface area contributed by atoms with E-state index in [0.717, 1.165) is 12.7 Å². The number of methoxy groups -OCH3 is 1. The smallest absolute Gasteiger partial charge is 0.372 e. The van der Waals surface area contributed by atoms with Gasteiger partial charge < -0.3 is 30.2 Å². The van der Waals surface area contributed by atoms with Gasteiger partial charge >= 0.3 is 17.7 Å². The third-order valence-corrected chi connectivity index (χ3v) is 3.93. The largest absolute Gasteiger partial charge is 0.462 e. The molecule has 0 radical (unpaired) electrons. The van der Waals surface area contributed by atoms with Gasteiger partial charge in [-0.15, -0.1) is 0 Å². The highest BCUT2D eigenvalue weighted by Crippen LogP contribution is 2.17. The van der Waals surface area contributed by atoms with Crippen LogP contribution in [0.5, 0.6) is 0 Å². The molecular weight excluding hydrogens is 380 g/mol. The number of ether oxygens (including phenoxy) is 3. The van der Waals surface area contributed by atoms with Gasteiger partial charge in [0, 0.05) is 13.5 Å². The van der Waals surface area contributed by atoms with E-state index in [1.54, 1.807) is 13.8 Å². The lowest BCUT2D eigenvalue weighted by Gasteiger charge is -2.27. The van der Waals surface area contributed by atoms with Crippen molar-refractivity contribution in [2.75, 3.05) is 26.1 Å². The van der Waals surface area contributed by atoms with Crippen molar-refractivity contribution in [3.8, 4) is 0 Å². The van der Waals surface area contributed by atoms with Crippen LogP contribution in [0, 0.1) is 0 Å². The zero-order chi connectivity index (χ0) is 21.4. The minimum absolute atomic E-state index is 0.0221. The number of nitrogens with one attached hydrogen (secondary N) is 2. The van der Waals surface area contributed by atoms with Crippen molar-refractivity contribution in [1.29, 1.82) is 0 Å². The van der Waals surface area contributed by atoms with Crippen LogP contribution in [-0.4, -0.2) is 53.9 Å². The lowest BCUT2D eigenvalue weighted by Crippen LogP contribution is -2.62. The van der Waals surface area contributed by atoms with E-state index in [1.165, 1.54) is 0 Å². The molecule has 0 atom stereocenters. The number of H-pyrrole nitrogens is 1. The number of anilines is 1. The number of benzene rings is 1. The van der Waals surface area contributed by atoms with Gasteiger partial charge in [-0.3, -0.25) is 4.79 Å². The van der Waals surface area contributed by atoms with E-state index in [-0.39, 0.29) is 24.7 Å². The third kappa shape index (κ3) is 4.91. The lowest BCUT2D eigenvalue weighted by atomic mass is 10.1. The van der Waals surface area contributed by atoms with Crippen LogP contribution in [0.2, 0.25) is 0 Å². The van der Waals surface area contributed by atoms with Gasteiger partial charge in [0.2, 0.25) is 0 Å². The maximum Gasteiger partial charge on any atom is 0.372 e. The number of hydrogen-bond acceptors (Lipinski definition) is 8. The Hall–Kier alpha value is -3.40.